The number of carbonyl (C=O) groups excluding carboxylic acids is 1. The fourth-order valence-corrected chi connectivity index (χ4v) is 5.18. The summed E-state index contributed by atoms with van der Waals surface area (Å²) in [6.45, 7) is 3.02. The molecule has 2 N–H and O–H groups in total. The monoisotopic (exact) mass is 462 g/mol. The largest absolute Gasteiger partial charge is 0.496 e. The van der Waals surface area contributed by atoms with E-state index in [1.54, 1.807) is 24.8 Å². The molecule has 0 aromatic heterocycles. The molecule has 5 heteroatoms. The van der Waals surface area contributed by atoms with E-state index in [1.165, 1.54) is 44.8 Å². The van der Waals surface area contributed by atoms with E-state index >= 15 is 0 Å². The summed E-state index contributed by atoms with van der Waals surface area (Å²) >= 11 is 0. The minimum atomic E-state index is -0.344. The second-order valence-corrected chi connectivity index (χ2v) is 9.55. The van der Waals surface area contributed by atoms with E-state index in [4.69, 9.17) is 9.47 Å². The summed E-state index contributed by atoms with van der Waals surface area (Å²) in [4.78, 5) is 11.8. The molecule has 2 atom stereocenters. The van der Waals surface area contributed by atoms with Gasteiger partial charge in [-0.3, -0.25) is 0 Å². The van der Waals surface area contributed by atoms with Gasteiger partial charge in [0.15, 0.2) is 0 Å². The average molecular weight is 463 g/mol. The Morgan fingerprint density at radius 3 is 2.44 bits per heavy atom. The maximum atomic E-state index is 11.8. The lowest BCUT2D eigenvalue weighted by Crippen LogP contribution is -2.41. The van der Waals surface area contributed by atoms with Gasteiger partial charge in [0.25, 0.3) is 0 Å². The molecule has 0 radical (unpaired) electrons. The van der Waals surface area contributed by atoms with Crippen molar-refractivity contribution in [2.75, 3.05) is 14.2 Å². The Kier molecular flexibility index (Phi) is 8.41. The van der Waals surface area contributed by atoms with Crippen molar-refractivity contribution in [1.82, 2.24) is 10.6 Å². The van der Waals surface area contributed by atoms with Gasteiger partial charge in [-0.05, 0) is 62.1 Å². The van der Waals surface area contributed by atoms with Crippen LogP contribution in [0.5, 0.6) is 5.75 Å². The standard InChI is InChI=1S/C29H38N2O3/c1-4-21(16-20-8-6-5-7-9-20)26-18-27(26)31-25-14-12-24(13-15-25)30-19-23-11-10-22(29(32)34-3)17-28(23)33-2/h5-11,16-17,24-27,30-31H,4,12-15,18-19H2,1-3H3/b21-16+/t24-,25-,26-,27+/m0/s1. The topological polar surface area (TPSA) is 59.6 Å². The molecule has 5 nitrogen and oxygen atoms in total. The molecule has 2 aromatic carbocycles. The Bertz CT molecular complexity index is 980. The van der Waals surface area contributed by atoms with Gasteiger partial charge in [-0.2, -0.15) is 0 Å². The molecule has 2 aliphatic rings. The zero-order valence-electron chi connectivity index (χ0n) is 20.7. The molecule has 0 heterocycles. The zero-order valence-corrected chi connectivity index (χ0v) is 20.7. The van der Waals surface area contributed by atoms with E-state index in [0.717, 1.165) is 24.3 Å². The normalized spacial score (nSPS) is 24.5. The lowest BCUT2D eigenvalue weighted by atomic mass is 9.90. The highest BCUT2D eigenvalue weighted by atomic mass is 16.5. The van der Waals surface area contributed by atoms with Gasteiger partial charge in [-0.25, -0.2) is 4.79 Å². The maximum Gasteiger partial charge on any atom is 0.337 e. The van der Waals surface area contributed by atoms with E-state index < -0.39 is 0 Å². The number of benzene rings is 2. The first-order valence-corrected chi connectivity index (χ1v) is 12.6. The highest BCUT2D eigenvalue weighted by Gasteiger charge is 2.40. The molecule has 0 unspecified atom stereocenters. The molecule has 2 saturated carbocycles. The van der Waals surface area contributed by atoms with Gasteiger partial charge in [0.05, 0.1) is 19.8 Å². The molecule has 0 saturated heterocycles. The number of carbonyl (C=O) groups is 1. The van der Waals surface area contributed by atoms with Crippen LogP contribution in [0.2, 0.25) is 0 Å². The molecule has 0 bridgehead atoms. The van der Waals surface area contributed by atoms with Gasteiger partial charge < -0.3 is 20.1 Å². The first-order chi connectivity index (χ1) is 16.6. The summed E-state index contributed by atoms with van der Waals surface area (Å²) in [6, 6.07) is 18.0. The van der Waals surface area contributed by atoms with Crippen LogP contribution in [0.15, 0.2) is 54.1 Å². The Hall–Kier alpha value is -2.63. The maximum absolute atomic E-state index is 11.8. The molecule has 2 aromatic rings. The summed E-state index contributed by atoms with van der Waals surface area (Å²) in [5.74, 6) is 1.07. The minimum absolute atomic E-state index is 0.344. The van der Waals surface area contributed by atoms with Crippen molar-refractivity contribution in [2.24, 2.45) is 5.92 Å². The fourth-order valence-electron chi connectivity index (χ4n) is 5.18. The van der Waals surface area contributed by atoms with Crippen LogP contribution in [0.4, 0.5) is 0 Å². The lowest BCUT2D eigenvalue weighted by Gasteiger charge is -2.30. The number of methoxy groups -OCH3 is 2. The molecule has 0 amide bonds. The number of hydrogen-bond acceptors (Lipinski definition) is 5. The molecule has 2 fully saturated rings. The number of hydrogen-bond donors (Lipinski definition) is 2. The van der Waals surface area contributed by atoms with Gasteiger partial charge >= 0.3 is 5.97 Å². The quantitative estimate of drug-likeness (QED) is 0.466. The molecule has 34 heavy (non-hydrogen) atoms. The van der Waals surface area contributed by atoms with E-state index in [-0.39, 0.29) is 5.97 Å². The first kappa shape index (κ1) is 24.5. The van der Waals surface area contributed by atoms with Crippen molar-refractivity contribution in [3.63, 3.8) is 0 Å². The molecule has 4 rings (SSSR count). The third kappa shape index (κ3) is 6.28. The van der Waals surface area contributed by atoms with E-state index in [2.05, 4.69) is 54.0 Å². The smallest absolute Gasteiger partial charge is 0.337 e. The first-order valence-electron chi connectivity index (χ1n) is 12.6. The summed E-state index contributed by atoms with van der Waals surface area (Å²) in [7, 11) is 3.03. The van der Waals surface area contributed by atoms with Crippen LogP contribution in [0.25, 0.3) is 6.08 Å². The van der Waals surface area contributed by atoms with E-state index in [0.29, 0.717) is 29.6 Å². The minimum Gasteiger partial charge on any atom is -0.496 e. The molecule has 182 valence electrons. The molecular weight excluding hydrogens is 424 g/mol. The van der Waals surface area contributed by atoms with Crippen molar-refractivity contribution in [3.8, 4) is 5.75 Å². The van der Waals surface area contributed by atoms with Gasteiger partial charge in [-0.15, -0.1) is 0 Å². The highest BCUT2D eigenvalue weighted by Crippen LogP contribution is 2.40. The van der Waals surface area contributed by atoms with Crippen molar-refractivity contribution < 1.29 is 14.3 Å². The number of nitrogens with one attached hydrogen (secondary N) is 2. The van der Waals surface area contributed by atoms with Crippen LogP contribution < -0.4 is 15.4 Å². The number of rotatable bonds is 10. The van der Waals surface area contributed by atoms with Crippen LogP contribution in [0.3, 0.4) is 0 Å². The molecule has 0 spiro atoms. The summed E-state index contributed by atoms with van der Waals surface area (Å²) in [6.07, 6.45) is 9.56. The zero-order chi connectivity index (χ0) is 23.9. The van der Waals surface area contributed by atoms with Crippen LogP contribution >= 0.6 is 0 Å². The highest BCUT2D eigenvalue weighted by molar-refractivity contribution is 5.89. The second-order valence-electron chi connectivity index (χ2n) is 9.55. The predicted octanol–water partition coefficient (Wildman–Crippen LogP) is 5.35. The molecule has 0 aliphatic heterocycles. The predicted molar refractivity (Wildman–Crippen MR) is 137 cm³/mol. The van der Waals surface area contributed by atoms with Crippen molar-refractivity contribution >= 4 is 12.0 Å². The number of esters is 1. The summed E-state index contributed by atoms with van der Waals surface area (Å²) < 4.78 is 10.3. The van der Waals surface area contributed by atoms with E-state index in [9.17, 15) is 4.79 Å². The van der Waals surface area contributed by atoms with Crippen LogP contribution in [-0.4, -0.2) is 38.3 Å². The third-order valence-electron chi connectivity index (χ3n) is 7.29. The third-order valence-corrected chi connectivity index (χ3v) is 7.29. The van der Waals surface area contributed by atoms with Gasteiger partial charge in [0.1, 0.15) is 5.75 Å². The van der Waals surface area contributed by atoms with Crippen molar-refractivity contribution in [2.45, 2.75) is 70.1 Å². The molecule has 2 aliphatic carbocycles. The molecular formula is C29H38N2O3. The van der Waals surface area contributed by atoms with Gasteiger partial charge in [-0.1, -0.05) is 55.0 Å². The van der Waals surface area contributed by atoms with Crippen LogP contribution in [0.1, 0.15) is 66.9 Å². The SMILES string of the molecule is CC/C(=C\c1ccccc1)[C@@H]1C[C@H]1N[C@H]1CC[C@H](NCc2ccc(C(=O)OC)cc2OC)CC1. The lowest BCUT2D eigenvalue weighted by molar-refractivity contribution is 0.0600. The Labute approximate surface area is 203 Å². The van der Waals surface area contributed by atoms with Gasteiger partial charge in [0.2, 0.25) is 0 Å². The van der Waals surface area contributed by atoms with Gasteiger partial charge in [0, 0.05) is 30.2 Å². The van der Waals surface area contributed by atoms with Crippen molar-refractivity contribution in [1.29, 1.82) is 0 Å². The van der Waals surface area contributed by atoms with Crippen molar-refractivity contribution in [3.05, 3.63) is 70.8 Å². The summed E-state index contributed by atoms with van der Waals surface area (Å²) in [5, 5.41) is 7.64. The fraction of sp³-hybridized carbons (Fsp3) is 0.483. The number of ether oxygens (including phenoxy) is 2. The van der Waals surface area contributed by atoms with E-state index in [1.807, 2.05) is 6.07 Å². The van der Waals surface area contributed by atoms with Crippen LogP contribution in [0, 0.1) is 5.92 Å². The Morgan fingerprint density at radius 1 is 1.03 bits per heavy atom. The van der Waals surface area contributed by atoms with Crippen LogP contribution in [-0.2, 0) is 11.3 Å². The second kappa shape index (κ2) is 11.7. The average Bonchev–Trinajstić information content (AvgIpc) is 3.65. The summed E-state index contributed by atoms with van der Waals surface area (Å²) in [5.41, 5.74) is 4.46. The Morgan fingerprint density at radius 2 is 1.76 bits per heavy atom. The Balaban J connectivity index is 1.22.